The van der Waals surface area contributed by atoms with Crippen molar-refractivity contribution in [1.82, 2.24) is 0 Å². The molecule has 0 spiro atoms. The highest BCUT2D eigenvalue weighted by Gasteiger charge is 2.45. The lowest BCUT2D eigenvalue weighted by atomic mass is 9.83. The van der Waals surface area contributed by atoms with Crippen LogP contribution in [0, 0.1) is 0 Å². The predicted octanol–water partition coefficient (Wildman–Crippen LogP) is 5.67. The van der Waals surface area contributed by atoms with Crippen LogP contribution in [0.4, 0.5) is 0 Å². The number of carbonyl (C=O) groups is 1. The number of fused-ring (bicyclic) bond motifs is 7. The van der Waals surface area contributed by atoms with Gasteiger partial charge in [-0.05, 0) is 71.3 Å². The van der Waals surface area contributed by atoms with Gasteiger partial charge in [0, 0.05) is 29.2 Å². The molecule has 1 aromatic carbocycles. The van der Waals surface area contributed by atoms with Crippen molar-refractivity contribution in [1.29, 1.82) is 0 Å². The highest BCUT2D eigenvalue weighted by molar-refractivity contribution is 5.78. The van der Waals surface area contributed by atoms with Crippen LogP contribution in [0.2, 0.25) is 0 Å². The summed E-state index contributed by atoms with van der Waals surface area (Å²) >= 11 is 0. The Morgan fingerprint density at radius 2 is 1.92 bits per heavy atom. The molecule has 0 radical (unpaired) electrons. The quantitative estimate of drug-likeness (QED) is 0.399. The minimum atomic E-state index is -0.306. The van der Waals surface area contributed by atoms with Gasteiger partial charge in [-0.1, -0.05) is 17.7 Å². The van der Waals surface area contributed by atoms with Gasteiger partial charge in [-0.3, -0.25) is 4.79 Å². The lowest BCUT2D eigenvalue weighted by Gasteiger charge is -2.34. The van der Waals surface area contributed by atoms with E-state index in [1.807, 2.05) is 0 Å². The van der Waals surface area contributed by atoms with Crippen LogP contribution in [0.5, 0.6) is 11.5 Å². The zero-order valence-electron chi connectivity index (χ0n) is 16.4. The van der Waals surface area contributed by atoms with Crippen LogP contribution >= 0.6 is 0 Å². The molecule has 3 aliphatic rings. The predicted molar refractivity (Wildman–Crippen MR) is 104 cm³/mol. The molecule has 1 aromatic rings. The summed E-state index contributed by atoms with van der Waals surface area (Å²) in [7, 11) is 0. The summed E-state index contributed by atoms with van der Waals surface area (Å²) in [5, 5.41) is 0. The average molecular weight is 352 g/mol. The van der Waals surface area contributed by atoms with E-state index in [2.05, 4.69) is 45.9 Å². The Kier molecular flexibility index (Phi) is 4.02. The first-order chi connectivity index (χ1) is 12.3. The van der Waals surface area contributed by atoms with Gasteiger partial charge in [-0.15, -0.1) is 0 Å². The van der Waals surface area contributed by atoms with E-state index >= 15 is 0 Å². The van der Waals surface area contributed by atoms with E-state index in [0.717, 1.165) is 35.5 Å². The summed E-state index contributed by atoms with van der Waals surface area (Å²) in [4.78, 5) is 11.9. The summed E-state index contributed by atoms with van der Waals surface area (Å²) in [6, 6.07) is 0. The Balaban J connectivity index is 1.99. The van der Waals surface area contributed by atoms with E-state index in [-0.39, 0.29) is 11.6 Å². The minimum Gasteiger partial charge on any atom is -0.483 e. The van der Waals surface area contributed by atoms with Crippen LogP contribution in [-0.2, 0) is 11.2 Å². The molecule has 2 atom stereocenters. The maximum Gasteiger partial charge on any atom is 0.308 e. The van der Waals surface area contributed by atoms with Gasteiger partial charge in [0.2, 0.25) is 0 Å². The fourth-order valence-electron chi connectivity index (χ4n) is 4.76. The maximum absolute atomic E-state index is 11.9. The summed E-state index contributed by atoms with van der Waals surface area (Å²) < 4.78 is 12.3. The number of ether oxygens (including phenoxy) is 2. The summed E-state index contributed by atoms with van der Waals surface area (Å²) in [5.41, 5.74) is 5.71. The van der Waals surface area contributed by atoms with E-state index in [1.165, 1.54) is 36.5 Å². The third kappa shape index (κ3) is 2.78. The number of allylic oxidation sites excluding steroid dienone is 2. The summed E-state index contributed by atoms with van der Waals surface area (Å²) in [6.45, 7) is 9.90. The summed E-state index contributed by atoms with van der Waals surface area (Å²) in [5.74, 6) is 2.64. The average Bonchev–Trinajstić information content (AvgIpc) is 3.14. The molecule has 1 aliphatic heterocycles. The third-order valence-corrected chi connectivity index (χ3v) is 5.85. The molecule has 0 amide bonds. The molecular formula is C23H28O3. The molecule has 26 heavy (non-hydrogen) atoms. The van der Waals surface area contributed by atoms with Gasteiger partial charge in [0.15, 0.2) is 0 Å². The Morgan fingerprint density at radius 1 is 1.23 bits per heavy atom. The second-order valence-corrected chi connectivity index (χ2v) is 8.70. The second-order valence-electron chi connectivity index (χ2n) is 8.70. The van der Waals surface area contributed by atoms with Crippen LogP contribution in [0.25, 0.3) is 6.08 Å². The van der Waals surface area contributed by atoms with Crippen molar-refractivity contribution in [2.75, 3.05) is 0 Å². The summed E-state index contributed by atoms with van der Waals surface area (Å²) in [6.07, 6.45) is 10.8. The molecule has 0 aromatic heterocycles. The molecule has 4 rings (SSSR count). The molecule has 0 N–H and O–H groups in total. The van der Waals surface area contributed by atoms with Gasteiger partial charge >= 0.3 is 5.97 Å². The highest BCUT2D eigenvalue weighted by atomic mass is 16.5. The Labute approximate surface area is 156 Å². The van der Waals surface area contributed by atoms with Crippen LogP contribution in [0.15, 0.2) is 17.7 Å². The topological polar surface area (TPSA) is 35.5 Å². The van der Waals surface area contributed by atoms with Gasteiger partial charge in [0.05, 0.1) is 0 Å². The fourth-order valence-corrected chi connectivity index (χ4v) is 4.76. The number of hydrogen-bond acceptors (Lipinski definition) is 3. The largest absolute Gasteiger partial charge is 0.483 e. The monoisotopic (exact) mass is 352 g/mol. The van der Waals surface area contributed by atoms with Gasteiger partial charge in [-0.2, -0.15) is 0 Å². The van der Waals surface area contributed by atoms with Crippen molar-refractivity contribution in [3.8, 4) is 11.5 Å². The fraction of sp³-hybridized carbons (Fsp3) is 0.522. The highest BCUT2D eigenvalue weighted by Crippen LogP contribution is 2.61. The first-order valence-corrected chi connectivity index (χ1v) is 9.69. The number of benzene rings is 1. The van der Waals surface area contributed by atoms with Crippen LogP contribution in [0.3, 0.4) is 0 Å². The molecule has 0 saturated heterocycles. The van der Waals surface area contributed by atoms with Crippen LogP contribution in [-0.4, -0.2) is 11.6 Å². The molecule has 1 fully saturated rings. The molecule has 138 valence electrons. The Morgan fingerprint density at radius 3 is 2.58 bits per heavy atom. The van der Waals surface area contributed by atoms with Crippen LogP contribution < -0.4 is 9.47 Å². The van der Waals surface area contributed by atoms with Crippen molar-refractivity contribution in [2.24, 2.45) is 0 Å². The van der Waals surface area contributed by atoms with Gasteiger partial charge < -0.3 is 9.47 Å². The van der Waals surface area contributed by atoms with E-state index in [1.54, 1.807) is 0 Å². The minimum absolute atomic E-state index is 0.241. The van der Waals surface area contributed by atoms with E-state index in [4.69, 9.17) is 9.47 Å². The lowest BCUT2D eigenvalue weighted by Crippen LogP contribution is -2.29. The van der Waals surface area contributed by atoms with Crippen molar-refractivity contribution >= 4 is 12.0 Å². The molecule has 2 aliphatic carbocycles. The molecule has 1 saturated carbocycles. The van der Waals surface area contributed by atoms with Crippen molar-refractivity contribution in [2.45, 2.75) is 77.7 Å². The zero-order chi connectivity index (χ0) is 18.6. The Hall–Kier alpha value is -2.03. The molecule has 2 bridgehead atoms. The third-order valence-electron chi connectivity index (χ3n) is 5.85. The SMILES string of the molecule is CC(=O)Oc1c(CC=C(C)C)c2c(c3c1C1CCC3C1)OC(C)(C)C=C2. The number of esters is 1. The molecule has 3 heteroatoms. The smallest absolute Gasteiger partial charge is 0.308 e. The van der Waals surface area contributed by atoms with Crippen molar-refractivity contribution in [3.05, 3.63) is 40.0 Å². The number of rotatable bonds is 3. The molecule has 2 unspecified atom stereocenters. The van der Waals surface area contributed by atoms with Crippen LogP contribution in [0.1, 0.15) is 88.0 Å². The lowest BCUT2D eigenvalue weighted by molar-refractivity contribution is -0.132. The maximum atomic E-state index is 11.9. The second kappa shape index (κ2) is 6.00. The first kappa shape index (κ1) is 17.4. The number of carbonyl (C=O) groups excluding carboxylic acids is 1. The molecular weight excluding hydrogens is 324 g/mol. The van der Waals surface area contributed by atoms with E-state index in [9.17, 15) is 4.79 Å². The zero-order valence-corrected chi connectivity index (χ0v) is 16.4. The first-order valence-electron chi connectivity index (χ1n) is 9.69. The molecule has 3 nitrogen and oxygen atoms in total. The van der Waals surface area contributed by atoms with Gasteiger partial charge in [-0.25, -0.2) is 0 Å². The van der Waals surface area contributed by atoms with Crippen molar-refractivity contribution < 1.29 is 14.3 Å². The number of hydrogen-bond donors (Lipinski definition) is 0. The van der Waals surface area contributed by atoms with E-state index in [0.29, 0.717) is 11.8 Å². The normalized spacial score (nSPS) is 23.9. The van der Waals surface area contributed by atoms with Gasteiger partial charge in [0.1, 0.15) is 17.1 Å². The van der Waals surface area contributed by atoms with Gasteiger partial charge in [0.25, 0.3) is 0 Å². The van der Waals surface area contributed by atoms with E-state index < -0.39 is 0 Å². The standard InChI is InChI=1S/C23H28O3/c1-13(2)6-9-17-18-10-11-23(4,5)26-22(18)20-16-8-7-15(12-16)19(20)21(17)25-14(3)24/h6,10-11,15-16H,7-9,12H2,1-5H3. The van der Waals surface area contributed by atoms with Crippen molar-refractivity contribution in [3.63, 3.8) is 0 Å². The Bertz CT molecular complexity index is 838. The molecule has 1 heterocycles.